The molecule has 0 aromatic heterocycles. The van der Waals surface area contributed by atoms with E-state index in [0.29, 0.717) is 12.5 Å². The van der Waals surface area contributed by atoms with Crippen LogP contribution in [0.4, 0.5) is 0 Å². The van der Waals surface area contributed by atoms with E-state index in [-0.39, 0.29) is 6.10 Å². The Morgan fingerprint density at radius 2 is 2.06 bits per heavy atom. The lowest BCUT2D eigenvalue weighted by Crippen LogP contribution is -2.33. The zero-order valence-electron chi connectivity index (χ0n) is 10.1. The summed E-state index contributed by atoms with van der Waals surface area (Å²) in [6.45, 7) is 2.51. The average Bonchev–Trinajstić information content (AvgIpc) is 2.36. The van der Waals surface area contributed by atoms with Gasteiger partial charge in [0.05, 0.1) is 0 Å². The second-order valence-electron chi connectivity index (χ2n) is 4.28. The van der Waals surface area contributed by atoms with Crippen molar-refractivity contribution in [2.24, 2.45) is 0 Å². The predicted octanol–water partition coefficient (Wildman–Crippen LogP) is 2.39. The van der Waals surface area contributed by atoms with Crippen LogP contribution in [-0.2, 0) is 0 Å². The van der Waals surface area contributed by atoms with E-state index in [0.717, 1.165) is 31.0 Å². The van der Waals surface area contributed by atoms with Gasteiger partial charge in [0.25, 0.3) is 0 Å². The van der Waals surface area contributed by atoms with E-state index in [4.69, 9.17) is 21.1 Å². The second kappa shape index (κ2) is 6.12. The van der Waals surface area contributed by atoms with Crippen molar-refractivity contribution in [3.63, 3.8) is 0 Å². The molecule has 1 aliphatic heterocycles. The minimum Gasteiger partial charge on any atom is -0.486 e. The smallest absolute Gasteiger partial charge is 0.161 e. The maximum absolute atomic E-state index is 5.88. The highest BCUT2D eigenvalue weighted by Gasteiger charge is 2.20. The molecule has 0 radical (unpaired) electrons. The van der Waals surface area contributed by atoms with Gasteiger partial charge in [0, 0.05) is 25.4 Å². The van der Waals surface area contributed by atoms with Crippen molar-refractivity contribution in [2.75, 3.05) is 32.6 Å². The number of fused-ring (bicyclic) bond motifs is 1. The fourth-order valence-corrected chi connectivity index (χ4v) is 2.11. The summed E-state index contributed by atoms with van der Waals surface area (Å²) in [5.74, 6) is 2.36. The summed E-state index contributed by atoms with van der Waals surface area (Å²) in [6.07, 6.45) is 1.10. The fraction of sp³-hybridized carbons (Fsp3) is 0.538. The van der Waals surface area contributed by atoms with Crippen LogP contribution in [-0.4, -0.2) is 43.6 Å². The summed E-state index contributed by atoms with van der Waals surface area (Å²) < 4.78 is 11.5. The van der Waals surface area contributed by atoms with Crippen molar-refractivity contribution < 1.29 is 9.47 Å². The molecule has 0 amide bonds. The first-order chi connectivity index (χ1) is 8.29. The summed E-state index contributed by atoms with van der Waals surface area (Å²) in [5, 5.41) is 0. The van der Waals surface area contributed by atoms with Crippen LogP contribution in [0.5, 0.6) is 11.5 Å². The topological polar surface area (TPSA) is 21.7 Å². The molecule has 0 saturated heterocycles. The molecule has 0 N–H and O–H groups in total. The van der Waals surface area contributed by atoms with E-state index in [2.05, 4.69) is 11.9 Å². The summed E-state index contributed by atoms with van der Waals surface area (Å²) in [7, 11) is 2.07. The van der Waals surface area contributed by atoms with Crippen molar-refractivity contribution >= 4 is 11.6 Å². The molecule has 0 spiro atoms. The fourth-order valence-electron chi connectivity index (χ4n) is 1.83. The molecule has 0 aliphatic carbocycles. The molecule has 1 aromatic rings. The van der Waals surface area contributed by atoms with Gasteiger partial charge >= 0.3 is 0 Å². The van der Waals surface area contributed by atoms with Gasteiger partial charge in [-0.3, -0.25) is 0 Å². The third-order valence-electron chi connectivity index (χ3n) is 2.87. The van der Waals surface area contributed by atoms with Gasteiger partial charge in [-0.2, -0.15) is 0 Å². The molecule has 1 unspecified atom stereocenters. The molecule has 3 nitrogen and oxygen atoms in total. The molecule has 1 aromatic carbocycles. The Morgan fingerprint density at radius 3 is 2.82 bits per heavy atom. The van der Waals surface area contributed by atoms with Crippen molar-refractivity contribution in [1.82, 2.24) is 4.90 Å². The van der Waals surface area contributed by atoms with Crippen LogP contribution in [0.25, 0.3) is 0 Å². The lowest BCUT2D eigenvalue weighted by molar-refractivity contribution is 0.0779. The zero-order valence-corrected chi connectivity index (χ0v) is 10.8. The molecule has 94 valence electrons. The number of halogens is 1. The number of ether oxygens (including phenoxy) is 2. The standard InChI is InChI=1S/C13H18ClNO2/c1-15(9-7-14)8-6-11-10-16-12-4-2-3-5-13(12)17-11/h2-5,11H,6-10H2,1H3. The molecule has 4 heteroatoms. The van der Waals surface area contributed by atoms with E-state index in [1.807, 2.05) is 24.3 Å². The Kier molecular flexibility index (Phi) is 4.51. The molecule has 1 aliphatic rings. The minimum absolute atomic E-state index is 0.141. The van der Waals surface area contributed by atoms with Gasteiger partial charge in [-0.25, -0.2) is 0 Å². The zero-order chi connectivity index (χ0) is 12.1. The maximum atomic E-state index is 5.88. The highest BCUT2D eigenvalue weighted by Crippen LogP contribution is 2.31. The molecule has 1 atom stereocenters. The van der Waals surface area contributed by atoms with Crippen LogP contribution in [0, 0.1) is 0 Å². The highest BCUT2D eigenvalue weighted by molar-refractivity contribution is 6.18. The van der Waals surface area contributed by atoms with Crippen LogP contribution in [0.1, 0.15) is 6.42 Å². The second-order valence-corrected chi connectivity index (χ2v) is 4.66. The van der Waals surface area contributed by atoms with Gasteiger partial charge in [0.15, 0.2) is 11.5 Å². The van der Waals surface area contributed by atoms with E-state index < -0.39 is 0 Å². The molecular weight excluding hydrogens is 238 g/mol. The summed E-state index contributed by atoms with van der Waals surface area (Å²) in [4.78, 5) is 2.21. The molecular formula is C13H18ClNO2. The first-order valence-electron chi connectivity index (χ1n) is 5.92. The normalized spacial score (nSPS) is 18.4. The lowest BCUT2D eigenvalue weighted by atomic mass is 10.2. The Hall–Kier alpha value is -0.930. The molecule has 0 fully saturated rings. The van der Waals surface area contributed by atoms with Gasteiger partial charge < -0.3 is 14.4 Å². The number of rotatable bonds is 5. The SMILES string of the molecule is CN(CCCl)CCC1COc2ccccc2O1. The van der Waals surface area contributed by atoms with Crippen LogP contribution in [0.3, 0.4) is 0 Å². The van der Waals surface area contributed by atoms with E-state index >= 15 is 0 Å². The molecule has 17 heavy (non-hydrogen) atoms. The monoisotopic (exact) mass is 255 g/mol. The summed E-state index contributed by atoms with van der Waals surface area (Å²) >= 11 is 5.69. The highest BCUT2D eigenvalue weighted by atomic mass is 35.5. The van der Waals surface area contributed by atoms with Crippen molar-refractivity contribution in [3.05, 3.63) is 24.3 Å². The van der Waals surface area contributed by atoms with Crippen LogP contribution in [0.2, 0.25) is 0 Å². The van der Waals surface area contributed by atoms with Crippen molar-refractivity contribution in [1.29, 1.82) is 0 Å². The van der Waals surface area contributed by atoms with Gasteiger partial charge in [-0.1, -0.05) is 12.1 Å². The number of benzene rings is 1. The van der Waals surface area contributed by atoms with Gasteiger partial charge in [0.1, 0.15) is 12.7 Å². The molecule has 0 saturated carbocycles. The number of para-hydroxylation sites is 2. The van der Waals surface area contributed by atoms with Gasteiger partial charge in [-0.15, -0.1) is 11.6 Å². The molecule has 0 bridgehead atoms. The third kappa shape index (κ3) is 3.51. The molecule has 2 rings (SSSR count). The summed E-state index contributed by atoms with van der Waals surface area (Å²) in [6, 6.07) is 7.80. The number of hydrogen-bond donors (Lipinski definition) is 0. The van der Waals surface area contributed by atoms with E-state index in [1.165, 1.54) is 0 Å². The number of hydrogen-bond acceptors (Lipinski definition) is 3. The maximum Gasteiger partial charge on any atom is 0.161 e. The van der Waals surface area contributed by atoms with Crippen molar-refractivity contribution in [2.45, 2.75) is 12.5 Å². The first-order valence-corrected chi connectivity index (χ1v) is 6.46. The van der Waals surface area contributed by atoms with E-state index in [9.17, 15) is 0 Å². The molecule has 1 heterocycles. The van der Waals surface area contributed by atoms with Crippen LogP contribution < -0.4 is 9.47 Å². The van der Waals surface area contributed by atoms with Crippen LogP contribution in [0.15, 0.2) is 24.3 Å². The Balaban J connectivity index is 1.82. The van der Waals surface area contributed by atoms with Crippen molar-refractivity contribution in [3.8, 4) is 11.5 Å². The number of nitrogens with zero attached hydrogens (tertiary/aromatic N) is 1. The minimum atomic E-state index is 0.141. The third-order valence-corrected chi connectivity index (χ3v) is 3.04. The van der Waals surface area contributed by atoms with E-state index in [1.54, 1.807) is 0 Å². The van der Waals surface area contributed by atoms with Gasteiger partial charge in [0.2, 0.25) is 0 Å². The average molecular weight is 256 g/mol. The summed E-state index contributed by atoms with van der Waals surface area (Å²) in [5.41, 5.74) is 0. The van der Waals surface area contributed by atoms with Gasteiger partial charge in [-0.05, 0) is 19.2 Å². The largest absolute Gasteiger partial charge is 0.486 e. The number of alkyl halides is 1. The Bertz CT molecular complexity index is 359. The predicted molar refractivity (Wildman–Crippen MR) is 69.2 cm³/mol. The first kappa shape index (κ1) is 12.5. The quantitative estimate of drug-likeness (QED) is 0.754. The Morgan fingerprint density at radius 1 is 1.29 bits per heavy atom. The lowest BCUT2D eigenvalue weighted by Gasteiger charge is -2.27. The Labute approximate surface area is 107 Å². The van der Waals surface area contributed by atoms with Crippen LogP contribution >= 0.6 is 11.6 Å².